The Labute approximate surface area is 124 Å². The predicted octanol–water partition coefficient (Wildman–Crippen LogP) is 2.87. The fourth-order valence-corrected chi connectivity index (χ4v) is 2.83. The van der Waals surface area contributed by atoms with E-state index < -0.39 is 16.4 Å². The molecule has 2 rings (SSSR count). The zero-order valence-electron chi connectivity index (χ0n) is 12.3. The summed E-state index contributed by atoms with van der Waals surface area (Å²) >= 11 is 0. The van der Waals surface area contributed by atoms with Crippen LogP contribution >= 0.6 is 0 Å². The average Bonchev–Trinajstić information content (AvgIpc) is 2.50. The van der Waals surface area contributed by atoms with E-state index in [0.717, 1.165) is 51.0 Å². The second-order valence-electron chi connectivity index (χ2n) is 5.41. The molecule has 1 atom stereocenters. The van der Waals surface area contributed by atoms with Crippen molar-refractivity contribution in [2.24, 2.45) is 0 Å². The minimum Gasteiger partial charge on any atom is -0.314 e. The predicted molar refractivity (Wildman–Crippen MR) is 79.8 cm³/mol. The molecule has 1 aliphatic rings. The van der Waals surface area contributed by atoms with Crippen LogP contribution in [0.25, 0.3) is 0 Å². The Balaban J connectivity index is 2.26. The second kappa shape index (κ2) is 7.47. The first-order valence-electron chi connectivity index (χ1n) is 7.52. The quantitative estimate of drug-likeness (QED) is 0.647. The summed E-state index contributed by atoms with van der Waals surface area (Å²) in [6, 6.07) is 4.43. The average molecular weight is 295 g/mol. The SMILES string of the molecule is CCCC[C@H](c1ccc(F)c([N+](=O)[O-])c1)N1CCNCC1. The summed E-state index contributed by atoms with van der Waals surface area (Å²) in [7, 11) is 0. The fraction of sp³-hybridized carbons (Fsp3) is 0.600. The lowest BCUT2D eigenvalue weighted by molar-refractivity contribution is -0.387. The van der Waals surface area contributed by atoms with Crippen LogP contribution in [0, 0.1) is 15.9 Å². The molecule has 21 heavy (non-hydrogen) atoms. The molecule has 0 spiro atoms. The van der Waals surface area contributed by atoms with Gasteiger partial charge in [0.05, 0.1) is 4.92 Å². The van der Waals surface area contributed by atoms with Gasteiger partial charge in [0.25, 0.3) is 0 Å². The van der Waals surface area contributed by atoms with Crippen LogP contribution in [0.1, 0.15) is 37.8 Å². The van der Waals surface area contributed by atoms with Crippen molar-refractivity contribution in [3.8, 4) is 0 Å². The molecule has 1 N–H and O–H groups in total. The van der Waals surface area contributed by atoms with E-state index in [0.29, 0.717) is 0 Å². The number of rotatable bonds is 6. The number of nitro groups is 1. The normalized spacial score (nSPS) is 17.6. The first-order chi connectivity index (χ1) is 10.1. The first-order valence-corrected chi connectivity index (χ1v) is 7.52. The maximum absolute atomic E-state index is 13.5. The zero-order valence-corrected chi connectivity index (χ0v) is 12.3. The minimum atomic E-state index is -0.765. The lowest BCUT2D eigenvalue weighted by Gasteiger charge is -2.35. The molecule has 1 saturated heterocycles. The molecular formula is C15H22FN3O2. The largest absolute Gasteiger partial charge is 0.314 e. The highest BCUT2D eigenvalue weighted by Crippen LogP contribution is 2.30. The summed E-state index contributed by atoms with van der Waals surface area (Å²) < 4.78 is 13.5. The summed E-state index contributed by atoms with van der Waals surface area (Å²) in [6.45, 7) is 5.80. The Bertz CT molecular complexity index is 490. The minimum absolute atomic E-state index is 0.131. The molecule has 0 unspecified atom stereocenters. The van der Waals surface area contributed by atoms with Gasteiger partial charge in [0.1, 0.15) is 0 Å². The molecule has 1 aromatic rings. The van der Waals surface area contributed by atoms with Crippen LogP contribution in [0.15, 0.2) is 18.2 Å². The maximum Gasteiger partial charge on any atom is 0.305 e. The molecule has 0 bridgehead atoms. The van der Waals surface area contributed by atoms with Crippen LogP contribution < -0.4 is 5.32 Å². The summed E-state index contributed by atoms with van der Waals surface area (Å²) in [6.07, 6.45) is 3.07. The highest BCUT2D eigenvalue weighted by molar-refractivity contribution is 5.37. The van der Waals surface area contributed by atoms with Gasteiger partial charge < -0.3 is 5.32 Å². The molecule has 0 amide bonds. The summed E-state index contributed by atoms with van der Waals surface area (Å²) in [4.78, 5) is 12.6. The number of nitro benzene ring substituents is 1. The molecule has 5 nitrogen and oxygen atoms in total. The third-order valence-electron chi connectivity index (χ3n) is 3.98. The standard InChI is InChI=1S/C15H22FN3O2/c1-2-3-4-14(18-9-7-17-8-10-18)12-5-6-13(16)15(11-12)19(20)21/h5-6,11,14,17H,2-4,7-10H2,1H3/t14-/m1/s1. The Morgan fingerprint density at radius 1 is 1.43 bits per heavy atom. The maximum atomic E-state index is 13.5. The van der Waals surface area contributed by atoms with E-state index in [-0.39, 0.29) is 6.04 Å². The molecule has 1 fully saturated rings. The second-order valence-corrected chi connectivity index (χ2v) is 5.41. The van der Waals surface area contributed by atoms with Gasteiger partial charge in [-0.05, 0) is 18.1 Å². The smallest absolute Gasteiger partial charge is 0.305 e. The van der Waals surface area contributed by atoms with Crippen molar-refractivity contribution in [2.75, 3.05) is 26.2 Å². The lowest BCUT2D eigenvalue weighted by atomic mass is 9.98. The molecule has 0 saturated carbocycles. The topological polar surface area (TPSA) is 58.4 Å². The highest BCUT2D eigenvalue weighted by atomic mass is 19.1. The number of halogens is 1. The van der Waals surface area contributed by atoms with Gasteiger partial charge >= 0.3 is 5.69 Å². The van der Waals surface area contributed by atoms with Gasteiger partial charge in [-0.15, -0.1) is 0 Å². The number of nitrogens with zero attached hydrogens (tertiary/aromatic N) is 2. The third kappa shape index (κ3) is 3.98. The van der Waals surface area contributed by atoms with Gasteiger partial charge in [0, 0.05) is 38.3 Å². The van der Waals surface area contributed by atoms with E-state index in [1.807, 2.05) is 0 Å². The van der Waals surface area contributed by atoms with Crippen molar-refractivity contribution in [3.05, 3.63) is 39.7 Å². The highest BCUT2D eigenvalue weighted by Gasteiger charge is 2.24. The molecule has 0 aromatic heterocycles. The summed E-state index contributed by atoms with van der Waals surface area (Å²) in [5.74, 6) is -0.765. The number of nitrogens with one attached hydrogen (secondary N) is 1. The van der Waals surface area contributed by atoms with Crippen LogP contribution in [0.2, 0.25) is 0 Å². The van der Waals surface area contributed by atoms with Gasteiger partial charge in [0.15, 0.2) is 0 Å². The molecule has 0 radical (unpaired) electrons. The van der Waals surface area contributed by atoms with Crippen LogP contribution in [0.5, 0.6) is 0 Å². The van der Waals surface area contributed by atoms with Gasteiger partial charge in [-0.2, -0.15) is 4.39 Å². The lowest BCUT2D eigenvalue weighted by Crippen LogP contribution is -2.45. The van der Waals surface area contributed by atoms with E-state index in [1.165, 1.54) is 12.1 Å². The zero-order chi connectivity index (χ0) is 15.2. The molecule has 6 heteroatoms. The van der Waals surface area contributed by atoms with E-state index in [1.54, 1.807) is 6.07 Å². The van der Waals surface area contributed by atoms with E-state index in [9.17, 15) is 14.5 Å². The van der Waals surface area contributed by atoms with Crippen LogP contribution in [-0.2, 0) is 0 Å². The molecular weight excluding hydrogens is 273 g/mol. The van der Waals surface area contributed by atoms with Crippen molar-refractivity contribution in [1.29, 1.82) is 0 Å². The van der Waals surface area contributed by atoms with Gasteiger partial charge in [-0.1, -0.05) is 25.8 Å². The fourth-order valence-electron chi connectivity index (χ4n) is 2.83. The van der Waals surface area contributed by atoms with Crippen molar-refractivity contribution in [3.63, 3.8) is 0 Å². The molecule has 1 aliphatic heterocycles. The van der Waals surface area contributed by atoms with Gasteiger partial charge in [0.2, 0.25) is 5.82 Å². The van der Waals surface area contributed by atoms with Crippen molar-refractivity contribution < 1.29 is 9.31 Å². The van der Waals surface area contributed by atoms with Gasteiger partial charge in [-0.25, -0.2) is 0 Å². The molecule has 116 valence electrons. The third-order valence-corrected chi connectivity index (χ3v) is 3.98. The molecule has 0 aliphatic carbocycles. The Morgan fingerprint density at radius 2 is 2.14 bits per heavy atom. The van der Waals surface area contributed by atoms with Crippen LogP contribution in [-0.4, -0.2) is 36.0 Å². The summed E-state index contributed by atoms with van der Waals surface area (Å²) in [5, 5.41) is 14.2. The molecule has 1 heterocycles. The Kier molecular flexibility index (Phi) is 5.64. The summed E-state index contributed by atoms with van der Waals surface area (Å²) in [5.41, 5.74) is 0.419. The van der Waals surface area contributed by atoms with Crippen molar-refractivity contribution in [1.82, 2.24) is 10.2 Å². The van der Waals surface area contributed by atoms with E-state index in [4.69, 9.17) is 0 Å². The molecule has 1 aromatic carbocycles. The number of unbranched alkanes of at least 4 members (excludes halogenated alkanes) is 1. The van der Waals surface area contributed by atoms with Gasteiger partial charge in [-0.3, -0.25) is 15.0 Å². The number of benzene rings is 1. The van der Waals surface area contributed by atoms with Crippen molar-refractivity contribution in [2.45, 2.75) is 32.2 Å². The van der Waals surface area contributed by atoms with Crippen LogP contribution in [0.3, 0.4) is 0 Å². The van der Waals surface area contributed by atoms with E-state index in [2.05, 4.69) is 17.1 Å². The van der Waals surface area contributed by atoms with Crippen molar-refractivity contribution >= 4 is 5.69 Å². The number of piperazine rings is 1. The first kappa shape index (κ1) is 15.9. The number of hydrogen-bond acceptors (Lipinski definition) is 4. The Morgan fingerprint density at radius 3 is 2.76 bits per heavy atom. The van der Waals surface area contributed by atoms with E-state index >= 15 is 0 Å². The number of hydrogen-bond donors (Lipinski definition) is 1. The monoisotopic (exact) mass is 295 g/mol. The van der Waals surface area contributed by atoms with Crippen LogP contribution in [0.4, 0.5) is 10.1 Å². The Hall–Kier alpha value is -1.53.